The Morgan fingerprint density at radius 3 is 2.41 bits per heavy atom. The van der Waals surface area contributed by atoms with Gasteiger partial charge in [-0.25, -0.2) is 13.6 Å². The van der Waals surface area contributed by atoms with E-state index in [0.29, 0.717) is 45.6 Å². The van der Waals surface area contributed by atoms with Crippen molar-refractivity contribution in [1.29, 1.82) is 0 Å². The van der Waals surface area contributed by atoms with Crippen LogP contribution in [0.4, 0.5) is 13.6 Å². The molecule has 0 radical (unpaired) electrons. The number of rotatable bonds is 6. The van der Waals surface area contributed by atoms with E-state index in [1.54, 1.807) is 27.9 Å². The normalized spacial score (nSPS) is 27.8. The lowest BCUT2D eigenvalue weighted by Gasteiger charge is -2.36. The van der Waals surface area contributed by atoms with Gasteiger partial charge in [-0.1, -0.05) is 0 Å². The molecular weight excluding hydrogens is 386 g/mol. The Balaban J connectivity index is 0.000000296. The fraction of sp³-hybridized carbons (Fsp3) is 0.950. The Hall–Kier alpha value is -1.03. The molecule has 2 fully saturated rings. The van der Waals surface area contributed by atoms with E-state index in [0.717, 1.165) is 13.0 Å². The third-order valence-corrected chi connectivity index (χ3v) is 4.67. The quantitative estimate of drug-likeness (QED) is 0.638. The van der Waals surface area contributed by atoms with Crippen LogP contribution in [0.2, 0.25) is 0 Å². The number of hydrogen-bond acceptors (Lipinski definition) is 6. The molecule has 0 aromatic rings. The molecule has 7 nitrogen and oxygen atoms in total. The molecular formula is C20H38F2N2O5. The van der Waals surface area contributed by atoms with E-state index in [1.807, 2.05) is 0 Å². The standard InChI is InChI=1S/C11H20FNO3.C9H18FNO2/c1-10(2,3)16-9(15)13-6-4-5-11(12,7-13)8-14;1-12-5-6-13-8-9(10)3-2-4-11-7-9/h14H,4-8H2,1-3H3;11H,2-8H2,1H3. The molecule has 9 heteroatoms. The summed E-state index contributed by atoms with van der Waals surface area (Å²) in [5.74, 6) is 0. The topological polar surface area (TPSA) is 80.3 Å². The van der Waals surface area contributed by atoms with E-state index in [1.165, 1.54) is 4.90 Å². The first-order valence-electron chi connectivity index (χ1n) is 10.3. The molecule has 0 spiro atoms. The van der Waals surface area contributed by atoms with Gasteiger partial charge in [0, 0.05) is 20.2 Å². The monoisotopic (exact) mass is 424 g/mol. The van der Waals surface area contributed by atoms with Gasteiger partial charge in [-0.05, 0) is 53.0 Å². The highest BCUT2D eigenvalue weighted by Gasteiger charge is 2.38. The SMILES string of the molecule is CC(C)(C)OC(=O)N1CCCC(F)(CO)C1.COCCOCC1(F)CCCNC1. The lowest BCUT2D eigenvalue weighted by atomic mass is 9.96. The van der Waals surface area contributed by atoms with Crippen LogP contribution in [-0.4, -0.2) is 92.8 Å². The summed E-state index contributed by atoms with van der Waals surface area (Å²) in [6.45, 7) is 7.68. The molecule has 172 valence electrons. The van der Waals surface area contributed by atoms with Crippen molar-refractivity contribution in [2.45, 2.75) is 63.4 Å². The van der Waals surface area contributed by atoms with Crippen molar-refractivity contribution in [3.05, 3.63) is 0 Å². The minimum Gasteiger partial charge on any atom is -0.444 e. The summed E-state index contributed by atoms with van der Waals surface area (Å²) >= 11 is 0. The van der Waals surface area contributed by atoms with Crippen LogP contribution in [0.1, 0.15) is 46.5 Å². The zero-order chi connectivity index (χ0) is 22.0. The fourth-order valence-electron chi connectivity index (χ4n) is 3.15. The first-order valence-corrected chi connectivity index (χ1v) is 10.3. The highest BCUT2D eigenvalue weighted by molar-refractivity contribution is 5.68. The lowest BCUT2D eigenvalue weighted by molar-refractivity contribution is -0.0231. The van der Waals surface area contributed by atoms with Crippen LogP contribution in [0.15, 0.2) is 0 Å². The zero-order valence-electron chi connectivity index (χ0n) is 18.3. The van der Waals surface area contributed by atoms with Crippen molar-refractivity contribution in [2.24, 2.45) is 0 Å². The van der Waals surface area contributed by atoms with Crippen LogP contribution < -0.4 is 5.32 Å². The van der Waals surface area contributed by atoms with Gasteiger partial charge in [0.25, 0.3) is 0 Å². The average molecular weight is 425 g/mol. The molecule has 0 bridgehead atoms. The number of aliphatic hydroxyl groups is 1. The number of alkyl halides is 2. The fourth-order valence-corrected chi connectivity index (χ4v) is 3.15. The number of nitrogens with zero attached hydrogens (tertiary/aromatic N) is 1. The second-order valence-electron chi connectivity index (χ2n) is 8.79. The molecule has 1 amide bonds. The van der Waals surface area contributed by atoms with Crippen molar-refractivity contribution >= 4 is 6.09 Å². The highest BCUT2D eigenvalue weighted by Crippen LogP contribution is 2.26. The third kappa shape index (κ3) is 10.5. The van der Waals surface area contributed by atoms with E-state index in [-0.39, 0.29) is 13.2 Å². The van der Waals surface area contributed by atoms with E-state index in [2.05, 4.69) is 5.32 Å². The van der Waals surface area contributed by atoms with E-state index < -0.39 is 29.6 Å². The first kappa shape index (κ1) is 26.0. The number of carbonyl (C=O) groups excluding carboxylic acids is 1. The second-order valence-corrected chi connectivity index (χ2v) is 8.79. The molecule has 29 heavy (non-hydrogen) atoms. The van der Waals surface area contributed by atoms with Gasteiger partial charge in [-0.2, -0.15) is 0 Å². The molecule has 2 N–H and O–H groups in total. The van der Waals surface area contributed by atoms with Crippen molar-refractivity contribution in [3.63, 3.8) is 0 Å². The van der Waals surface area contributed by atoms with E-state index in [9.17, 15) is 13.6 Å². The van der Waals surface area contributed by atoms with Crippen LogP contribution >= 0.6 is 0 Å². The molecule has 2 unspecified atom stereocenters. The van der Waals surface area contributed by atoms with Crippen LogP contribution in [0, 0.1) is 0 Å². The predicted molar refractivity (Wildman–Crippen MR) is 107 cm³/mol. The number of halogens is 2. The van der Waals surface area contributed by atoms with Crippen LogP contribution in [-0.2, 0) is 14.2 Å². The number of carbonyl (C=O) groups is 1. The Kier molecular flexibility index (Phi) is 10.7. The van der Waals surface area contributed by atoms with Gasteiger partial charge in [0.1, 0.15) is 11.3 Å². The lowest BCUT2D eigenvalue weighted by Crippen LogP contribution is -2.50. The Morgan fingerprint density at radius 2 is 1.86 bits per heavy atom. The summed E-state index contributed by atoms with van der Waals surface area (Å²) in [6, 6.07) is 0. The smallest absolute Gasteiger partial charge is 0.410 e. The van der Waals surface area contributed by atoms with Crippen LogP contribution in [0.25, 0.3) is 0 Å². The molecule has 2 heterocycles. The summed E-state index contributed by atoms with van der Waals surface area (Å²) in [6.07, 6.45) is 1.83. The third-order valence-electron chi connectivity index (χ3n) is 4.67. The van der Waals surface area contributed by atoms with Gasteiger partial charge < -0.3 is 29.5 Å². The molecule has 0 aromatic heterocycles. The zero-order valence-corrected chi connectivity index (χ0v) is 18.3. The maximum atomic E-state index is 13.8. The van der Waals surface area contributed by atoms with Gasteiger partial charge in [0.15, 0.2) is 5.67 Å². The maximum Gasteiger partial charge on any atom is 0.410 e. The van der Waals surface area contributed by atoms with Gasteiger partial charge in [0.2, 0.25) is 0 Å². The molecule has 0 saturated carbocycles. The number of nitrogens with one attached hydrogen (secondary N) is 1. The minimum atomic E-state index is -1.67. The highest BCUT2D eigenvalue weighted by atomic mass is 19.1. The summed E-state index contributed by atoms with van der Waals surface area (Å²) in [5.41, 5.74) is -3.41. The number of aliphatic hydroxyl groups excluding tert-OH is 1. The van der Waals surface area contributed by atoms with Crippen molar-refractivity contribution in [1.82, 2.24) is 10.2 Å². The number of methoxy groups -OCH3 is 1. The predicted octanol–water partition coefficient (Wildman–Crippen LogP) is 2.46. The molecule has 0 aromatic carbocycles. The second kappa shape index (κ2) is 12.0. The number of ether oxygens (including phenoxy) is 3. The van der Waals surface area contributed by atoms with Crippen molar-refractivity contribution in [2.75, 3.05) is 59.7 Å². The maximum absolute atomic E-state index is 13.8. The van der Waals surface area contributed by atoms with Gasteiger partial charge in [-0.3, -0.25) is 0 Å². The van der Waals surface area contributed by atoms with Crippen molar-refractivity contribution < 1.29 is 32.9 Å². The summed E-state index contributed by atoms with van der Waals surface area (Å²) in [5, 5.41) is 12.0. The van der Waals surface area contributed by atoms with Gasteiger partial charge in [-0.15, -0.1) is 0 Å². The Labute approximate surface area is 173 Å². The number of likely N-dealkylation sites (tertiary alicyclic amines) is 1. The van der Waals surface area contributed by atoms with Gasteiger partial charge in [0.05, 0.1) is 33.0 Å². The molecule has 2 rings (SSSR count). The van der Waals surface area contributed by atoms with Crippen LogP contribution in [0.5, 0.6) is 0 Å². The summed E-state index contributed by atoms with van der Waals surface area (Å²) < 4.78 is 42.7. The number of amides is 1. The molecule has 2 aliphatic rings. The molecule has 2 atom stereocenters. The number of hydrogen-bond donors (Lipinski definition) is 2. The average Bonchev–Trinajstić information content (AvgIpc) is 2.65. The Bertz CT molecular complexity index is 484. The molecule has 0 aliphatic carbocycles. The minimum absolute atomic E-state index is 0.0849. The molecule has 2 saturated heterocycles. The summed E-state index contributed by atoms with van der Waals surface area (Å²) in [4.78, 5) is 13.0. The largest absolute Gasteiger partial charge is 0.444 e. The van der Waals surface area contributed by atoms with E-state index >= 15 is 0 Å². The number of piperidine rings is 2. The van der Waals surface area contributed by atoms with Crippen molar-refractivity contribution in [3.8, 4) is 0 Å². The first-order chi connectivity index (χ1) is 13.5. The van der Waals surface area contributed by atoms with Gasteiger partial charge >= 0.3 is 6.09 Å². The Morgan fingerprint density at radius 1 is 1.17 bits per heavy atom. The van der Waals surface area contributed by atoms with E-state index in [4.69, 9.17) is 19.3 Å². The molecule has 2 aliphatic heterocycles. The van der Waals surface area contributed by atoms with Crippen LogP contribution in [0.3, 0.4) is 0 Å². The summed E-state index contributed by atoms with van der Waals surface area (Å²) in [7, 11) is 1.61.